The van der Waals surface area contributed by atoms with E-state index in [4.69, 9.17) is 5.26 Å². The molecule has 0 aliphatic heterocycles. The highest BCUT2D eigenvalue weighted by molar-refractivity contribution is 8.00. The van der Waals surface area contributed by atoms with Crippen LogP contribution >= 0.6 is 23.1 Å². The number of thiophene rings is 1. The number of rotatable bonds is 6. The minimum Gasteiger partial charge on any atom is -0.469 e. The zero-order valence-electron chi connectivity index (χ0n) is 12.5. The molecule has 7 heteroatoms. The quantitative estimate of drug-likeness (QED) is 0.813. The number of anilines is 1. The summed E-state index contributed by atoms with van der Waals surface area (Å²) in [4.78, 5) is 24.0. The van der Waals surface area contributed by atoms with Crippen LogP contribution in [0.4, 0.5) is 5.00 Å². The Morgan fingerprint density at radius 2 is 2.14 bits per heavy atom. The Morgan fingerprint density at radius 1 is 1.48 bits per heavy atom. The topological polar surface area (TPSA) is 79.2 Å². The van der Waals surface area contributed by atoms with Crippen molar-refractivity contribution in [3.8, 4) is 6.07 Å². The number of carbonyl (C=O) groups is 2. The van der Waals surface area contributed by atoms with Crippen LogP contribution in [0.5, 0.6) is 0 Å². The molecule has 0 fully saturated rings. The van der Waals surface area contributed by atoms with Crippen LogP contribution in [-0.4, -0.2) is 30.0 Å². The molecule has 1 N–H and O–H groups in total. The highest BCUT2D eigenvalue weighted by Crippen LogP contribution is 2.31. The van der Waals surface area contributed by atoms with Crippen LogP contribution in [0.1, 0.15) is 29.3 Å². The second-order valence-corrected chi connectivity index (χ2v) is 7.20. The predicted octanol–water partition coefficient (Wildman–Crippen LogP) is 2.86. The van der Waals surface area contributed by atoms with Crippen molar-refractivity contribution in [1.82, 2.24) is 0 Å². The van der Waals surface area contributed by atoms with Gasteiger partial charge in [-0.05, 0) is 19.4 Å². The second-order valence-electron chi connectivity index (χ2n) is 4.55. The van der Waals surface area contributed by atoms with Crippen molar-refractivity contribution in [3.05, 3.63) is 16.0 Å². The monoisotopic (exact) mass is 326 g/mol. The number of aryl methyl sites for hydroxylation is 1. The van der Waals surface area contributed by atoms with E-state index in [0.717, 1.165) is 10.4 Å². The first-order chi connectivity index (χ1) is 9.88. The Labute approximate surface area is 132 Å². The Bertz CT molecular complexity index is 576. The normalized spacial score (nSPS) is 11.6. The lowest BCUT2D eigenvalue weighted by Gasteiger charge is -2.09. The molecule has 0 saturated heterocycles. The van der Waals surface area contributed by atoms with E-state index in [9.17, 15) is 9.59 Å². The van der Waals surface area contributed by atoms with Crippen LogP contribution in [0.15, 0.2) is 0 Å². The SMILES string of the molecule is COC(=O)CC(C)SCC(=O)Nc1sc(C)c(C)c1C#N. The largest absolute Gasteiger partial charge is 0.469 e. The summed E-state index contributed by atoms with van der Waals surface area (Å²) in [5, 5.41) is 12.5. The smallest absolute Gasteiger partial charge is 0.306 e. The summed E-state index contributed by atoms with van der Waals surface area (Å²) in [6.45, 7) is 5.66. The maximum Gasteiger partial charge on any atom is 0.306 e. The summed E-state index contributed by atoms with van der Waals surface area (Å²) >= 11 is 2.79. The Balaban J connectivity index is 2.54. The van der Waals surface area contributed by atoms with Gasteiger partial charge in [-0.1, -0.05) is 6.92 Å². The zero-order valence-corrected chi connectivity index (χ0v) is 14.1. The maximum absolute atomic E-state index is 11.9. The summed E-state index contributed by atoms with van der Waals surface area (Å²) in [5.74, 6) is -0.222. The summed E-state index contributed by atoms with van der Waals surface area (Å²) in [7, 11) is 1.34. The van der Waals surface area contributed by atoms with Crippen molar-refractivity contribution in [1.29, 1.82) is 5.26 Å². The van der Waals surface area contributed by atoms with Gasteiger partial charge in [0.25, 0.3) is 0 Å². The van der Waals surface area contributed by atoms with Crippen molar-refractivity contribution in [3.63, 3.8) is 0 Å². The van der Waals surface area contributed by atoms with E-state index in [-0.39, 0.29) is 29.3 Å². The average molecular weight is 326 g/mol. The first kappa shape index (κ1) is 17.5. The minimum atomic E-state index is -0.285. The van der Waals surface area contributed by atoms with Gasteiger partial charge in [0, 0.05) is 10.1 Å². The summed E-state index contributed by atoms with van der Waals surface area (Å²) in [5.41, 5.74) is 1.43. The van der Waals surface area contributed by atoms with Crippen molar-refractivity contribution < 1.29 is 14.3 Å². The number of nitriles is 1. The van der Waals surface area contributed by atoms with Crippen LogP contribution in [0, 0.1) is 25.2 Å². The number of methoxy groups -OCH3 is 1. The molecule has 1 aromatic heterocycles. The van der Waals surface area contributed by atoms with Gasteiger partial charge in [-0.25, -0.2) is 0 Å². The number of nitrogens with one attached hydrogen (secondary N) is 1. The highest BCUT2D eigenvalue weighted by Gasteiger charge is 2.16. The number of nitrogens with zero attached hydrogens (tertiary/aromatic N) is 1. The molecular formula is C14H18N2O3S2. The molecule has 0 aromatic carbocycles. The van der Waals surface area contributed by atoms with Gasteiger partial charge in [-0.2, -0.15) is 5.26 Å². The van der Waals surface area contributed by atoms with Gasteiger partial charge in [-0.15, -0.1) is 23.1 Å². The molecule has 1 aromatic rings. The number of hydrogen-bond acceptors (Lipinski definition) is 6. The third-order valence-corrected chi connectivity index (χ3v) is 5.22. The molecule has 0 aliphatic rings. The molecule has 1 unspecified atom stereocenters. The van der Waals surface area contributed by atoms with E-state index in [1.54, 1.807) is 0 Å². The molecule has 21 heavy (non-hydrogen) atoms. The number of amides is 1. The lowest BCUT2D eigenvalue weighted by molar-refractivity contribution is -0.140. The minimum absolute atomic E-state index is 0.00504. The van der Waals surface area contributed by atoms with E-state index in [1.807, 2.05) is 20.8 Å². The fraction of sp³-hybridized carbons (Fsp3) is 0.500. The molecular weight excluding hydrogens is 308 g/mol. The molecule has 1 amide bonds. The average Bonchev–Trinajstić information content (AvgIpc) is 2.70. The third kappa shape index (κ3) is 5.06. The Morgan fingerprint density at radius 3 is 2.71 bits per heavy atom. The molecule has 0 radical (unpaired) electrons. The highest BCUT2D eigenvalue weighted by atomic mass is 32.2. The number of ether oxygens (including phenoxy) is 1. The van der Waals surface area contributed by atoms with Crippen LogP contribution < -0.4 is 5.32 Å². The van der Waals surface area contributed by atoms with Crippen molar-refractivity contribution in [2.24, 2.45) is 0 Å². The molecule has 0 bridgehead atoms. The molecule has 114 valence electrons. The number of carbonyl (C=O) groups excluding carboxylic acids is 2. The van der Waals surface area contributed by atoms with Crippen molar-refractivity contribution in [2.75, 3.05) is 18.2 Å². The van der Waals surface area contributed by atoms with Gasteiger partial charge in [0.15, 0.2) is 0 Å². The maximum atomic E-state index is 11.9. The third-order valence-electron chi connectivity index (χ3n) is 2.93. The molecule has 0 aliphatic carbocycles. The molecule has 1 rings (SSSR count). The summed E-state index contributed by atoms with van der Waals surface area (Å²) in [6.07, 6.45) is 0.273. The fourth-order valence-electron chi connectivity index (χ4n) is 1.61. The lowest BCUT2D eigenvalue weighted by Crippen LogP contribution is -2.17. The van der Waals surface area contributed by atoms with E-state index in [1.165, 1.54) is 30.2 Å². The van der Waals surface area contributed by atoms with Gasteiger partial charge >= 0.3 is 5.97 Å². The van der Waals surface area contributed by atoms with Gasteiger partial charge in [0.05, 0.1) is 24.8 Å². The predicted molar refractivity (Wildman–Crippen MR) is 85.7 cm³/mol. The Kier molecular flexibility index (Phi) is 6.72. The van der Waals surface area contributed by atoms with Gasteiger partial charge in [0.1, 0.15) is 11.1 Å². The van der Waals surface area contributed by atoms with Gasteiger partial charge in [-0.3, -0.25) is 9.59 Å². The number of hydrogen-bond donors (Lipinski definition) is 1. The van der Waals surface area contributed by atoms with E-state index < -0.39 is 0 Å². The van der Waals surface area contributed by atoms with Crippen LogP contribution in [0.25, 0.3) is 0 Å². The molecule has 1 atom stereocenters. The number of thioether (sulfide) groups is 1. The molecule has 0 spiro atoms. The van der Waals surface area contributed by atoms with E-state index in [0.29, 0.717) is 10.6 Å². The summed E-state index contributed by atoms with van der Waals surface area (Å²) in [6, 6.07) is 2.12. The van der Waals surface area contributed by atoms with Gasteiger partial charge in [0.2, 0.25) is 5.91 Å². The van der Waals surface area contributed by atoms with Crippen LogP contribution in [0.2, 0.25) is 0 Å². The molecule has 5 nitrogen and oxygen atoms in total. The Hall–Kier alpha value is -1.52. The standard InChI is InChI=1S/C14H18N2O3S2/c1-8(5-13(18)19-4)20-7-12(17)16-14-11(6-15)9(2)10(3)21-14/h8H,5,7H2,1-4H3,(H,16,17). The van der Waals surface area contributed by atoms with Crippen LogP contribution in [-0.2, 0) is 14.3 Å². The fourth-order valence-corrected chi connectivity index (χ4v) is 3.40. The van der Waals surface area contributed by atoms with Crippen molar-refractivity contribution >= 4 is 40.0 Å². The van der Waals surface area contributed by atoms with Gasteiger partial charge < -0.3 is 10.1 Å². The summed E-state index contributed by atoms with van der Waals surface area (Å²) < 4.78 is 4.58. The first-order valence-corrected chi connectivity index (χ1v) is 8.23. The molecule has 0 saturated carbocycles. The number of esters is 1. The van der Waals surface area contributed by atoms with E-state index in [2.05, 4.69) is 16.1 Å². The zero-order chi connectivity index (χ0) is 16.0. The second kappa shape index (κ2) is 8.05. The van der Waals surface area contributed by atoms with Crippen molar-refractivity contribution in [2.45, 2.75) is 32.4 Å². The lowest BCUT2D eigenvalue weighted by atomic mass is 10.2. The first-order valence-electron chi connectivity index (χ1n) is 6.37. The molecule has 1 heterocycles. The van der Waals surface area contributed by atoms with E-state index >= 15 is 0 Å². The van der Waals surface area contributed by atoms with Crippen LogP contribution in [0.3, 0.4) is 0 Å².